The van der Waals surface area contributed by atoms with Crippen molar-refractivity contribution in [2.24, 2.45) is 5.92 Å². The number of carbonyl (C=O) groups is 4. The number of aryl methyl sites for hydroxylation is 1. The number of piperazine rings is 1. The van der Waals surface area contributed by atoms with E-state index in [0.717, 1.165) is 98.6 Å². The number of halogens is 1. The lowest BCUT2D eigenvalue weighted by Crippen LogP contribution is -2.52. The van der Waals surface area contributed by atoms with Crippen molar-refractivity contribution in [3.8, 4) is 11.5 Å². The minimum atomic E-state index is -0.579. The van der Waals surface area contributed by atoms with Crippen molar-refractivity contribution >= 4 is 46.6 Å². The summed E-state index contributed by atoms with van der Waals surface area (Å²) in [5.74, 6) is 1.24. The summed E-state index contributed by atoms with van der Waals surface area (Å²) in [6.45, 7) is 11.1. The summed E-state index contributed by atoms with van der Waals surface area (Å²) in [4.78, 5) is 62.9. The summed E-state index contributed by atoms with van der Waals surface area (Å²) in [7, 11) is 3.83. The van der Waals surface area contributed by atoms with Gasteiger partial charge in [-0.05, 0) is 160 Å². The fourth-order valence-electron chi connectivity index (χ4n) is 11.4. The quantitative estimate of drug-likeness (QED) is 0.0872. The van der Waals surface area contributed by atoms with E-state index in [1.165, 1.54) is 31.2 Å². The van der Waals surface area contributed by atoms with Crippen LogP contribution in [-0.2, 0) is 33.8 Å². The maximum atomic E-state index is 14.1. The number of imide groups is 1. The van der Waals surface area contributed by atoms with Gasteiger partial charge in [-0.3, -0.25) is 29.4 Å². The predicted molar refractivity (Wildman–Crippen MR) is 267 cm³/mol. The molecule has 1 unspecified atom stereocenters. The van der Waals surface area contributed by atoms with Gasteiger partial charge in [0.2, 0.25) is 17.7 Å². The zero-order valence-corrected chi connectivity index (χ0v) is 40.9. The first-order chi connectivity index (χ1) is 32.9. The average Bonchev–Trinajstić information content (AvgIpc) is 3.67. The Morgan fingerprint density at radius 3 is 2.29 bits per heavy atom. The summed E-state index contributed by atoms with van der Waals surface area (Å²) in [5.41, 5.74) is 7.88. The van der Waals surface area contributed by atoms with E-state index in [0.29, 0.717) is 47.0 Å². The van der Waals surface area contributed by atoms with Crippen molar-refractivity contribution in [1.29, 1.82) is 0 Å². The van der Waals surface area contributed by atoms with E-state index in [9.17, 15) is 19.2 Å². The van der Waals surface area contributed by atoms with Gasteiger partial charge in [0.05, 0.1) is 25.7 Å². The van der Waals surface area contributed by atoms with Crippen molar-refractivity contribution in [3.63, 3.8) is 0 Å². The van der Waals surface area contributed by atoms with Crippen LogP contribution in [0.25, 0.3) is 0 Å². The van der Waals surface area contributed by atoms with Crippen LogP contribution < -0.4 is 24.6 Å². The number of piperidine rings is 1. The molecule has 1 aliphatic carbocycles. The third kappa shape index (κ3) is 10.4. The molecule has 0 radical (unpaired) electrons. The maximum absolute atomic E-state index is 14.1. The van der Waals surface area contributed by atoms with Crippen LogP contribution in [0.4, 0.5) is 11.4 Å². The van der Waals surface area contributed by atoms with E-state index in [-0.39, 0.29) is 48.6 Å². The minimum Gasteiger partial charge on any atom is -0.493 e. The highest BCUT2D eigenvalue weighted by Gasteiger charge is 2.40. The Kier molecular flexibility index (Phi) is 14.7. The summed E-state index contributed by atoms with van der Waals surface area (Å²) in [5, 5.41) is 3.05. The number of hydrogen-bond donors (Lipinski definition) is 1. The number of unbranched alkanes of at least 4 members (excludes halogenated alkanes) is 2. The highest BCUT2D eigenvalue weighted by molar-refractivity contribution is 6.30. The van der Waals surface area contributed by atoms with E-state index in [1.807, 2.05) is 67.3 Å². The van der Waals surface area contributed by atoms with Gasteiger partial charge in [0, 0.05) is 80.7 Å². The first-order valence-electron chi connectivity index (χ1n) is 24.9. The highest BCUT2D eigenvalue weighted by Crippen LogP contribution is 2.44. The molecule has 68 heavy (non-hydrogen) atoms. The number of methoxy groups -OCH3 is 1. The van der Waals surface area contributed by atoms with Crippen molar-refractivity contribution in [2.75, 3.05) is 63.2 Å². The third-order valence-electron chi connectivity index (χ3n) is 15.1. The summed E-state index contributed by atoms with van der Waals surface area (Å²) in [6, 6.07) is 25.9. The molecule has 2 atom stereocenters. The third-order valence-corrected chi connectivity index (χ3v) is 15.3. The molecule has 0 spiro atoms. The van der Waals surface area contributed by atoms with Crippen LogP contribution in [-0.4, -0.2) is 110 Å². The number of hydrogen-bond acceptors (Lipinski definition) is 9. The molecule has 2 saturated heterocycles. The van der Waals surface area contributed by atoms with E-state index in [4.69, 9.17) is 21.1 Å². The van der Waals surface area contributed by atoms with Crippen LogP contribution in [0.3, 0.4) is 0 Å². The number of amides is 4. The average molecular weight is 944 g/mol. The van der Waals surface area contributed by atoms with Crippen LogP contribution in [0.1, 0.15) is 116 Å². The lowest BCUT2D eigenvalue weighted by Gasteiger charge is -2.42. The zero-order chi connectivity index (χ0) is 47.5. The summed E-state index contributed by atoms with van der Waals surface area (Å²) in [6.07, 6.45) is 10.1. The Hall–Kier alpha value is -5.43. The van der Waals surface area contributed by atoms with Gasteiger partial charge >= 0.3 is 0 Å². The number of nitrogens with zero attached hydrogens (tertiary/aromatic N) is 5. The van der Waals surface area contributed by atoms with Crippen LogP contribution in [0, 0.1) is 5.92 Å². The Morgan fingerprint density at radius 1 is 0.838 bits per heavy atom. The topological polar surface area (TPSA) is 115 Å². The second-order valence-electron chi connectivity index (χ2n) is 19.9. The number of benzene rings is 4. The normalized spacial score (nSPS) is 22.3. The predicted octanol–water partition coefficient (Wildman–Crippen LogP) is 8.60. The van der Waals surface area contributed by atoms with Gasteiger partial charge in [-0.15, -0.1) is 0 Å². The van der Waals surface area contributed by atoms with E-state index < -0.39 is 6.04 Å². The second-order valence-corrected chi connectivity index (χ2v) is 20.3. The van der Waals surface area contributed by atoms with Gasteiger partial charge in [0.15, 0.2) is 11.5 Å². The van der Waals surface area contributed by atoms with Crippen molar-refractivity contribution in [1.82, 2.24) is 20.0 Å². The molecule has 360 valence electrons. The molecule has 0 aromatic heterocycles. The largest absolute Gasteiger partial charge is 0.493 e. The number of anilines is 2. The molecule has 4 aliphatic heterocycles. The van der Waals surface area contributed by atoms with Gasteiger partial charge in [0.25, 0.3) is 5.91 Å². The molecule has 3 fully saturated rings. The summed E-state index contributed by atoms with van der Waals surface area (Å²) >= 11 is 6.34. The van der Waals surface area contributed by atoms with Crippen LogP contribution in [0.15, 0.2) is 78.9 Å². The molecule has 5 aliphatic rings. The Labute approximate surface area is 406 Å². The molecule has 13 heteroatoms. The van der Waals surface area contributed by atoms with Gasteiger partial charge in [-0.25, -0.2) is 0 Å². The lowest BCUT2D eigenvalue weighted by atomic mass is 9.84. The number of nitrogens with one attached hydrogen (secondary N) is 1. The lowest BCUT2D eigenvalue weighted by molar-refractivity contribution is -0.137. The highest BCUT2D eigenvalue weighted by atomic mass is 35.5. The number of rotatable bonds is 16. The molecule has 0 bridgehead atoms. The molecule has 4 aromatic carbocycles. The van der Waals surface area contributed by atoms with Gasteiger partial charge in [-0.2, -0.15) is 0 Å². The monoisotopic (exact) mass is 942 g/mol. The zero-order valence-electron chi connectivity index (χ0n) is 40.2. The van der Waals surface area contributed by atoms with Crippen LogP contribution in [0.5, 0.6) is 11.5 Å². The smallest absolute Gasteiger partial charge is 0.255 e. The first-order valence-corrected chi connectivity index (χ1v) is 25.3. The van der Waals surface area contributed by atoms with Gasteiger partial charge in [0.1, 0.15) is 6.04 Å². The summed E-state index contributed by atoms with van der Waals surface area (Å²) < 4.78 is 11.9. The standard InChI is InChI=1S/C55H67ClN6O6/c1-36(2)68-50-33-46-40(31-49(50)67-4)32-52(64)62(53(46)39-14-16-41(56)17-15-39)44-22-20-42(21-23-44)58(3)34-37-12-18-43(19-13-37)60-29-27-59(28-30-60)26-7-5-6-9-38-10-8-11-45-47(38)35-61(55(45)66)48-24-25-51(63)57-54(48)65/h8,10-11,14-17,20-23,31,33,36-37,43,48,53H,5-7,9,12-13,18-19,24-30,32,34-35H2,1-4H3,(H,57,63,65)/t37-,43-,48?,53-/m0/s1. The van der Waals surface area contributed by atoms with E-state index >= 15 is 0 Å². The Balaban J connectivity index is 0.721. The minimum absolute atomic E-state index is 0.0273. The second kappa shape index (κ2) is 21.1. The Bertz CT molecular complexity index is 2460. The molecule has 1 saturated carbocycles. The molecular weight excluding hydrogens is 876 g/mol. The maximum Gasteiger partial charge on any atom is 0.255 e. The van der Waals surface area contributed by atoms with Gasteiger partial charge in [-0.1, -0.05) is 42.3 Å². The molecule has 4 aromatic rings. The first kappa shape index (κ1) is 47.6. The molecule has 4 amide bonds. The number of carbonyl (C=O) groups excluding carboxylic acids is 4. The molecule has 4 heterocycles. The molecular formula is C55H67ClN6O6. The van der Waals surface area contributed by atoms with Crippen LogP contribution in [0.2, 0.25) is 5.02 Å². The molecule has 9 rings (SSSR count). The van der Waals surface area contributed by atoms with Crippen molar-refractivity contribution in [3.05, 3.63) is 117 Å². The molecule has 12 nitrogen and oxygen atoms in total. The van der Waals surface area contributed by atoms with E-state index in [2.05, 4.69) is 57.4 Å². The van der Waals surface area contributed by atoms with E-state index in [1.54, 1.807) is 12.0 Å². The fraction of sp³-hybridized carbons (Fsp3) is 0.491. The number of ether oxygens (including phenoxy) is 2. The fourth-order valence-corrected chi connectivity index (χ4v) is 11.6. The Morgan fingerprint density at radius 2 is 1.59 bits per heavy atom. The SMILES string of the molecule is COc1cc2c(cc1OC(C)C)[C@H](c1ccc(Cl)cc1)N(c1ccc(N(C)C[C@H]3CC[C@H](N4CCN(CCCCCc5cccc6c5CN(C5CCC(=O)NC5=O)C6=O)CC4)CC3)cc1)C(=O)C2. The van der Waals surface area contributed by atoms with Crippen LogP contribution >= 0.6 is 11.6 Å². The van der Waals surface area contributed by atoms with Gasteiger partial charge < -0.3 is 29.1 Å². The number of fused-ring (bicyclic) bond motifs is 2. The van der Waals surface area contributed by atoms with Crippen molar-refractivity contribution < 1.29 is 28.7 Å². The molecule has 1 N–H and O–H groups in total. The van der Waals surface area contributed by atoms with Crippen molar-refractivity contribution in [2.45, 2.75) is 115 Å².